The molecular formula is C19H24N5O4+. The van der Waals surface area contributed by atoms with Gasteiger partial charge in [-0.25, -0.2) is 14.3 Å². The van der Waals surface area contributed by atoms with E-state index in [1.54, 1.807) is 21.3 Å². The lowest BCUT2D eigenvalue weighted by molar-refractivity contribution is -0.545. The summed E-state index contributed by atoms with van der Waals surface area (Å²) in [6.45, 7) is 3.53. The van der Waals surface area contributed by atoms with Gasteiger partial charge in [-0.15, -0.1) is 0 Å². The number of carbonyl (C=O) groups excluding carboxylic acids is 2. The van der Waals surface area contributed by atoms with Crippen LogP contribution in [-0.2, 0) is 4.79 Å². The zero-order valence-corrected chi connectivity index (χ0v) is 16.7. The first-order valence-corrected chi connectivity index (χ1v) is 9.14. The van der Waals surface area contributed by atoms with Gasteiger partial charge in [-0.3, -0.25) is 14.6 Å². The van der Waals surface area contributed by atoms with Crippen molar-refractivity contribution in [3.05, 3.63) is 18.2 Å². The van der Waals surface area contributed by atoms with Crippen LogP contribution < -0.4 is 14.4 Å². The Balaban J connectivity index is 1.83. The molecule has 28 heavy (non-hydrogen) atoms. The maximum atomic E-state index is 12.9. The molecule has 0 N–H and O–H groups in total. The van der Waals surface area contributed by atoms with E-state index in [1.807, 2.05) is 27.7 Å². The molecule has 3 aliphatic heterocycles. The molecular weight excluding hydrogens is 362 g/mol. The highest BCUT2D eigenvalue weighted by molar-refractivity contribution is 6.24. The summed E-state index contributed by atoms with van der Waals surface area (Å²) in [7, 11) is 6.38. The van der Waals surface area contributed by atoms with Crippen LogP contribution in [0.5, 0.6) is 11.5 Å². The van der Waals surface area contributed by atoms with Gasteiger partial charge >= 0.3 is 12.0 Å². The summed E-state index contributed by atoms with van der Waals surface area (Å²) in [5, 5.41) is 0. The summed E-state index contributed by atoms with van der Waals surface area (Å²) >= 11 is 0. The van der Waals surface area contributed by atoms with Crippen LogP contribution in [0.3, 0.4) is 0 Å². The molecule has 2 atom stereocenters. The van der Waals surface area contributed by atoms with Crippen LogP contribution in [-0.4, -0.2) is 85.6 Å². The minimum Gasteiger partial charge on any atom is -0.497 e. The Hall–Kier alpha value is -3.10. The SMILES string of the molecule is COc1ccc(N2CC(C)C[N+]3=C2N=C2C3C(=O)N(C)C(=O)N2C)c(OC)c1. The van der Waals surface area contributed by atoms with E-state index in [9.17, 15) is 9.59 Å². The maximum absolute atomic E-state index is 12.9. The Bertz CT molecular complexity index is 925. The van der Waals surface area contributed by atoms with Crippen LogP contribution in [0, 0.1) is 5.92 Å². The van der Waals surface area contributed by atoms with Crippen LogP contribution in [0.2, 0.25) is 0 Å². The van der Waals surface area contributed by atoms with E-state index in [1.165, 1.54) is 11.9 Å². The Kier molecular flexibility index (Phi) is 4.24. The van der Waals surface area contributed by atoms with Crippen LogP contribution in [0.4, 0.5) is 10.5 Å². The number of ether oxygens (including phenoxy) is 2. The normalized spacial score (nSPS) is 24.3. The molecule has 0 radical (unpaired) electrons. The minimum absolute atomic E-state index is 0.257. The van der Waals surface area contributed by atoms with E-state index >= 15 is 0 Å². The quantitative estimate of drug-likeness (QED) is 0.720. The van der Waals surface area contributed by atoms with Gasteiger partial charge in [0, 0.05) is 26.1 Å². The Morgan fingerprint density at radius 1 is 1.14 bits per heavy atom. The van der Waals surface area contributed by atoms with E-state index in [0.29, 0.717) is 29.8 Å². The number of likely N-dealkylation sites (N-methyl/N-ethyl adjacent to an activating group) is 2. The number of benzene rings is 1. The number of carbonyl (C=O) groups is 2. The number of nitrogens with zero attached hydrogens (tertiary/aromatic N) is 5. The zero-order chi connectivity index (χ0) is 20.2. The average Bonchev–Trinajstić information content (AvgIpc) is 3.09. The monoisotopic (exact) mass is 386 g/mol. The number of methoxy groups -OCH3 is 2. The molecule has 3 amide bonds. The molecule has 148 valence electrons. The van der Waals surface area contributed by atoms with Gasteiger partial charge in [-0.05, 0) is 12.1 Å². The number of anilines is 1. The highest BCUT2D eigenvalue weighted by Gasteiger charge is 2.54. The molecule has 3 aliphatic rings. The van der Waals surface area contributed by atoms with E-state index < -0.39 is 6.04 Å². The fourth-order valence-corrected chi connectivity index (χ4v) is 3.99. The third-order valence-corrected chi connectivity index (χ3v) is 5.43. The van der Waals surface area contributed by atoms with Crippen molar-refractivity contribution in [3.8, 4) is 11.5 Å². The van der Waals surface area contributed by atoms with Gasteiger partial charge in [0.1, 0.15) is 11.4 Å². The first-order chi connectivity index (χ1) is 13.4. The lowest BCUT2D eigenvalue weighted by Gasteiger charge is -2.33. The number of amides is 3. The van der Waals surface area contributed by atoms with Gasteiger partial charge in [-0.2, -0.15) is 0 Å². The zero-order valence-electron chi connectivity index (χ0n) is 16.7. The summed E-state index contributed by atoms with van der Waals surface area (Å²) in [5.41, 5.74) is 0.840. The molecule has 0 aromatic heterocycles. The van der Waals surface area contributed by atoms with Crippen molar-refractivity contribution in [3.63, 3.8) is 0 Å². The molecule has 3 heterocycles. The predicted octanol–water partition coefficient (Wildman–Crippen LogP) is 0.833. The van der Waals surface area contributed by atoms with Crippen molar-refractivity contribution < 1.29 is 23.6 Å². The number of imide groups is 1. The highest BCUT2D eigenvalue weighted by atomic mass is 16.5. The number of hydrogen-bond acceptors (Lipinski definition) is 6. The fourth-order valence-electron chi connectivity index (χ4n) is 3.99. The fraction of sp³-hybridized carbons (Fsp3) is 0.474. The summed E-state index contributed by atoms with van der Waals surface area (Å²) in [4.78, 5) is 34.6. The number of urea groups is 1. The molecule has 4 rings (SSSR count). The number of amidine groups is 1. The highest BCUT2D eigenvalue weighted by Crippen LogP contribution is 2.35. The number of rotatable bonds is 3. The van der Waals surface area contributed by atoms with Crippen molar-refractivity contribution in [2.75, 3.05) is 46.3 Å². The summed E-state index contributed by atoms with van der Waals surface area (Å²) < 4.78 is 12.9. The van der Waals surface area contributed by atoms with Crippen LogP contribution in [0.25, 0.3) is 0 Å². The van der Waals surface area contributed by atoms with Crippen molar-refractivity contribution in [1.29, 1.82) is 0 Å². The van der Waals surface area contributed by atoms with Gasteiger partial charge in [0.05, 0.1) is 27.3 Å². The molecule has 0 spiro atoms. The number of guanidine groups is 1. The maximum Gasteiger partial charge on any atom is 0.397 e. The third kappa shape index (κ3) is 2.53. The van der Waals surface area contributed by atoms with E-state index in [-0.39, 0.29) is 17.9 Å². The van der Waals surface area contributed by atoms with Crippen molar-refractivity contribution in [2.24, 2.45) is 10.9 Å². The summed E-state index contributed by atoms with van der Waals surface area (Å²) in [5.74, 6) is 2.50. The lowest BCUT2D eigenvalue weighted by atomic mass is 10.1. The first kappa shape index (κ1) is 18.3. The van der Waals surface area contributed by atoms with Gasteiger partial charge in [0.15, 0.2) is 5.75 Å². The second kappa shape index (κ2) is 6.50. The van der Waals surface area contributed by atoms with Gasteiger partial charge < -0.3 is 9.47 Å². The molecule has 2 unspecified atom stereocenters. The van der Waals surface area contributed by atoms with E-state index in [0.717, 1.165) is 17.1 Å². The smallest absolute Gasteiger partial charge is 0.397 e. The second-order valence-corrected chi connectivity index (χ2v) is 7.32. The first-order valence-electron chi connectivity index (χ1n) is 9.14. The summed E-state index contributed by atoms with van der Waals surface area (Å²) in [6, 6.07) is 4.65. The average molecular weight is 386 g/mol. The molecule has 1 aromatic rings. The van der Waals surface area contributed by atoms with Crippen molar-refractivity contribution in [2.45, 2.75) is 13.0 Å². The van der Waals surface area contributed by atoms with E-state index in [4.69, 9.17) is 14.5 Å². The second-order valence-electron chi connectivity index (χ2n) is 7.32. The molecule has 9 nitrogen and oxygen atoms in total. The van der Waals surface area contributed by atoms with Gasteiger partial charge in [0.25, 0.3) is 5.91 Å². The Morgan fingerprint density at radius 3 is 2.57 bits per heavy atom. The Labute approximate surface area is 163 Å². The molecule has 9 heteroatoms. The lowest BCUT2D eigenvalue weighted by Crippen LogP contribution is -2.62. The van der Waals surface area contributed by atoms with Crippen LogP contribution in [0.1, 0.15) is 6.92 Å². The molecule has 1 fully saturated rings. The van der Waals surface area contributed by atoms with Crippen molar-refractivity contribution in [1.82, 2.24) is 9.80 Å². The number of fused-ring (bicyclic) bond motifs is 2. The van der Waals surface area contributed by atoms with E-state index in [2.05, 4.69) is 6.92 Å². The molecule has 1 saturated heterocycles. The Morgan fingerprint density at radius 2 is 1.89 bits per heavy atom. The largest absolute Gasteiger partial charge is 0.497 e. The van der Waals surface area contributed by atoms with Gasteiger partial charge in [0.2, 0.25) is 11.9 Å². The summed E-state index contributed by atoms with van der Waals surface area (Å²) in [6.07, 6.45) is 0. The van der Waals surface area contributed by atoms with Crippen LogP contribution >= 0.6 is 0 Å². The van der Waals surface area contributed by atoms with Crippen molar-refractivity contribution >= 4 is 29.4 Å². The number of aliphatic imine (C=N–C) groups is 1. The predicted molar refractivity (Wildman–Crippen MR) is 103 cm³/mol. The standard InChI is InChI=1S/C19H24N5O4/c1-11-9-23(13-7-6-12(27-4)8-14(13)28-5)18-20-16-15(24(18)10-11)17(25)22(3)19(26)21(16)2/h6-8,11,15H,9-10H2,1-5H3/q+1. The number of hydrogen-bond donors (Lipinski definition) is 0. The topological polar surface area (TPSA) is 77.7 Å². The minimum atomic E-state index is -0.586. The molecule has 1 aromatic carbocycles. The van der Waals surface area contributed by atoms with Crippen LogP contribution in [0.15, 0.2) is 23.2 Å². The molecule has 0 aliphatic carbocycles. The third-order valence-electron chi connectivity index (χ3n) is 5.43. The van der Waals surface area contributed by atoms with Gasteiger partial charge in [-0.1, -0.05) is 11.9 Å². The molecule has 0 saturated carbocycles. The molecule has 0 bridgehead atoms.